The van der Waals surface area contributed by atoms with Gasteiger partial charge in [0.15, 0.2) is 0 Å². The molecule has 2 aromatic heterocycles. The van der Waals surface area contributed by atoms with Crippen molar-refractivity contribution in [3.8, 4) is 21.8 Å². The third-order valence-corrected chi connectivity index (χ3v) is 6.43. The van der Waals surface area contributed by atoms with Gasteiger partial charge in [-0.1, -0.05) is 29.8 Å². The SMILES string of the molecule is NC(=O)c1ncc(N2CCC(CO)CC2)cc1-c1nc(-c2ccccc2Cl)cs1. The van der Waals surface area contributed by atoms with Crippen molar-refractivity contribution >= 4 is 34.5 Å². The average Bonchev–Trinajstić information content (AvgIpc) is 3.23. The number of rotatable bonds is 5. The molecule has 0 bridgehead atoms. The number of aliphatic hydroxyl groups excluding tert-OH is 1. The fraction of sp³-hybridized carbons (Fsp3) is 0.286. The van der Waals surface area contributed by atoms with Crippen LogP contribution in [0, 0.1) is 5.92 Å². The van der Waals surface area contributed by atoms with Crippen LogP contribution in [0.5, 0.6) is 0 Å². The average molecular weight is 429 g/mol. The molecule has 8 heteroatoms. The molecule has 6 nitrogen and oxygen atoms in total. The molecule has 0 radical (unpaired) electrons. The van der Waals surface area contributed by atoms with Gasteiger partial charge in [0.05, 0.1) is 17.6 Å². The summed E-state index contributed by atoms with van der Waals surface area (Å²) in [6, 6.07) is 9.45. The molecule has 1 amide bonds. The number of hydrogen-bond donors (Lipinski definition) is 2. The zero-order valence-corrected chi connectivity index (χ0v) is 17.3. The largest absolute Gasteiger partial charge is 0.396 e. The number of pyridine rings is 1. The van der Waals surface area contributed by atoms with Gasteiger partial charge in [0, 0.05) is 41.2 Å². The Bertz CT molecular complexity index is 1030. The van der Waals surface area contributed by atoms with Gasteiger partial charge in [-0.15, -0.1) is 11.3 Å². The van der Waals surface area contributed by atoms with Crippen LogP contribution in [0.15, 0.2) is 41.9 Å². The number of thiazole rings is 1. The Morgan fingerprint density at radius 2 is 2.03 bits per heavy atom. The number of nitrogens with two attached hydrogens (primary N) is 1. The van der Waals surface area contributed by atoms with Crippen molar-refractivity contribution in [3.63, 3.8) is 0 Å². The molecule has 0 unspecified atom stereocenters. The van der Waals surface area contributed by atoms with Crippen LogP contribution in [0.1, 0.15) is 23.3 Å². The van der Waals surface area contributed by atoms with Gasteiger partial charge in [-0.3, -0.25) is 4.79 Å². The Hall–Kier alpha value is -2.48. The smallest absolute Gasteiger partial charge is 0.268 e. The summed E-state index contributed by atoms with van der Waals surface area (Å²) in [6.07, 6.45) is 3.54. The monoisotopic (exact) mass is 428 g/mol. The zero-order chi connectivity index (χ0) is 20.4. The number of amides is 1. The van der Waals surface area contributed by atoms with Gasteiger partial charge < -0.3 is 15.7 Å². The van der Waals surface area contributed by atoms with Crippen molar-refractivity contribution in [3.05, 3.63) is 52.6 Å². The highest BCUT2D eigenvalue weighted by molar-refractivity contribution is 7.13. The Morgan fingerprint density at radius 3 is 2.72 bits per heavy atom. The van der Waals surface area contributed by atoms with E-state index >= 15 is 0 Å². The van der Waals surface area contributed by atoms with Crippen molar-refractivity contribution in [1.82, 2.24) is 9.97 Å². The molecule has 0 atom stereocenters. The van der Waals surface area contributed by atoms with E-state index in [-0.39, 0.29) is 12.3 Å². The van der Waals surface area contributed by atoms with Gasteiger partial charge >= 0.3 is 0 Å². The number of aliphatic hydroxyl groups is 1. The molecule has 0 saturated carbocycles. The lowest BCUT2D eigenvalue weighted by Gasteiger charge is -2.32. The van der Waals surface area contributed by atoms with E-state index in [0.717, 1.165) is 42.9 Å². The number of carbonyl (C=O) groups excluding carboxylic acids is 1. The Morgan fingerprint density at radius 1 is 1.28 bits per heavy atom. The molecule has 1 aliphatic heterocycles. The highest BCUT2D eigenvalue weighted by Gasteiger charge is 2.22. The maximum Gasteiger partial charge on any atom is 0.268 e. The fourth-order valence-corrected chi connectivity index (χ4v) is 4.62. The summed E-state index contributed by atoms with van der Waals surface area (Å²) >= 11 is 7.73. The number of benzene rings is 1. The second-order valence-electron chi connectivity index (χ2n) is 7.08. The molecule has 0 aliphatic carbocycles. The summed E-state index contributed by atoms with van der Waals surface area (Å²) in [7, 11) is 0. The summed E-state index contributed by atoms with van der Waals surface area (Å²) in [6.45, 7) is 1.90. The minimum absolute atomic E-state index is 0.207. The molecular weight excluding hydrogens is 408 g/mol. The highest BCUT2D eigenvalue weighted by atomic mass is 35.5. The minimum Gasteiger partial charge on any atom is -0.396 e. The van der Waals surface area contributed by atoms with Crippen molar-refractivity contribution in [2.24, 2.45) is 11.7 Å². The summed E-state index contributed by atoms with van der Waals surface area (Å²) in [5, 5.41) is 12.6. The first-order valence-electron chi connectivity index (χ1n) is 9.43. The number of anilines is 1. The van der Waals surface area contributed by atoms with E-state index in [1.54, 1.807) is 6.20 Å². The van der Waals surface area contributed by atoms with E-state index in [0.29, 0.717) is 21.5 Å². The molecule has 1 saturated heterocycles. The van der Waals surface area contributed by atoms with Crippen LogP contribution in [-0.4, -0.2) is 40.7 Å². The topological polar surface area (TPSA) is 92.3 Å². The molecule has 4 rings (SSSR count). The second-order valence-corrected chi connectivity index (χ2v) is 8.35. The number of nitrogens with zero attached hydrogens (tertiary/aromatic N) is 3. The third-order valence-electron chi connectivity index (χ3n) is 5.23. The summed E-state index contributed by atoms with van der Waals surface area (Å²) in [5.74, 6) is -0.235. The predicted octanol–water partition coefficient (Wildman–Crippen LogP) is 3.83. The van der Waals surface area contributed by atoms with E-state index < -0.39 is 5.91 Å². The number of hydrogen-bond acceptors (Lipinski definition) is 6. The molecule has 3 aromatic rings. The van der Waals surface area contributed by atoms with E-state index in [4.69, 9.17) is 22.3 Å². The second kappa shape index (κ2) is 8.49. The van der Waals surface area contributed by atoms with Gasteiger partial charge in [-0.2, -0.15) is 0 Å². The van der Waals surface area contributed by atoms with Crippen molar-refractivity contribution in [1.29, 1.82) is 0 Å². The molecule has 1 aliphatic rings. The van der Waals surface area contributed by atoms with E-state index in [9.17, 15) is 9.90 Å². The summed E-state index contributed by atoms with van der Waals surface area (Å²) < 4.78 is 0. The lowest BCUT2D eigenvalue weighted by Crippen LogP contribution is -2.35. The van der Waals surface area contributed by atoms with Crippen LogP contribution < -0.4 is 10.6 Å². The maximum absolute atomic E-state index is 12.0. The number of primary amides is 1. The van der Waals surface area contributed by atoms with Gasteiger partial charge in [0.2, 0.25) is 0 Å². The van der Waals surface area contributed by atoms with Crippen LogP contribution in [0.2, 0.25) is 5.02 Å². The van der Waals surface area contributed by atoms with Crippen molar-refractivity contribution < 1.29 is 9.90 Å². The van der Waals surface area contributed by atoms with Gasteiger partial charge in [-0.25, -0.2) is 9.97 Å². The van der Waals surface area contributed by atoms with Crippen LogP contribution in [0.25, 0.3) is 21.8 Å². The normalized spacial score (nSPS) is 14.9. The lowest BCUT2D eigenvalue weighted by atomic mass is 9.97. The Balaban J connectivity index is 1.69. The van der Waals surface area contributed by atoms with E-state index in [1.807, 2.05) is 35.7 Å². The van der Waals surface area contributed by atoms with Gasteiger partial charge in [0.25, 0.3) is 5.91 Å². The van der Waals surface area contributed by atoms with Crippen molar-refractivity contribution in [2.45, 2.75) is 12.8 Å². The summed E-state index contributed by atoms with van der Waals surface area (Å²) in [5.41, 5.74) is 8.92. The van der Waals surface area contributed by atoms with Gasteiger partial charge in [-0.05, 0) is 30.9 Å². The number of carbonyl (C=O) groups is 1. The first-order valence-corrected chi connectivity index (χ1v) is 10.7. The van der Waals surface area contributed by atoms with Crippen LogP contribution >= 0.6 is 22.9 Å². The molecule has 3 heterocycles. The predicted molar refractivity (Wildman–Crippen MR) is 116 cm³/mol. The van der Waals surface area contributed by atoms with Crippen LogP contribution in [0.4, 0.5) is 5.69 Å². The van der Waals surface area contributed by atoms with Crippen molar-refractivity contribution in [2.75, 3.05) is 24.6 Å². The quantitative estimate of drug-likeness (QED) is 0.644. The van der Waals surface area contributed by atoms with Gasteiger partial charge in [0.1, 0.15) is 10.7 Å². The Labute approximate surface area is 178 Å². The molecular formula is C21H21ClN4O2S. The maximum atomic E-state index is 12.0. The molecule has 29 heavy (non-hydrogen) atoms. The highest BCUT2D eigenvalue weighted by Crippen LogP contribution is 2.35. The van der Waals surface area contributed by atoms with E-state index in [2.05, 4.69) is 9.88 Å². The lowest BCUT2D eigenvalue weighted by molar-refractivity contribution is 0.0996. The molecule has 1 aromatic carbocycles. The number of aromatic nitrogens is 2. The fourth-order valence-electron chi connectivity index (χ4n) is 3.55. The molecule has 3 N–H and O–H groups in total. The summed E-state index contributed by atoms with van der Waals surface area (Å²) in [4.78, 5) is 23.2. The molecule has 1 fully saturated rings. The van der Waals surface area contributed by atoms with E-state index in [1.165, 1.54) is 11.3 Å². The molecule has 150 valence electrons. The standard InChI is InChI=1S/C21H21ClN4O2S/c22-17-4-2-1-3-15(17)18-12-29-21(25-18)16-9-14(10-24-19(16)20(23)28)26-7-5-13(11-27)6-8-26/h1-4,9-10,12-13,27H,5-8,11H2,(H2,23,28). The first-order chi connectivity index (χ1) is 14.1. The molecule has 0 spiro atoms. The zero-order valence-electron chi connectivity index (χ0n) is 15.7. The van der Waals surface area contributed by atoms with Crippen LogP contribution in [0.3, 0.4) is 0 Å². The minimum atomic E-state index is -0.583. The van der Waals surface area contributed by atoms with Crippen LogP contribution in [-0.2, 0) is 0 Å². The third kappa shape index (κ3) is 4.12. The number of piperidine rings is 1. The number of halogens is 1. The first kappa shape index (κ1) is 19.8. The Kier molecular flexibility index (Phi) is 5.80.